The fourth-order valence-electron chi connectivity index (χ4n) is 1.38. The van der Waals surface area contributed by atoms with E-state index in [1.54, 1.807) is 6.92 Å². The molecule has 0 aliphatic carbocycles. The molecule has 0 radical (unpaired) electrons. The molecule has 0 aromatic heterocycles. The zero-order valence-electron chi connectivity index (χ0n) is 10.2. The van der Waals surface area contributed by atoms with Gasteiger partial charge in [0, 0.05) is 29.9 Å². The first-order chi connectivity index (χ1) is 8.75. The van der Waals surface area contributed by atoms with E-state index in [-0.39, 0.29) is 18.0 Å². The van der Waals surface area contributed by atoms with Crippen molar-refractivity contribution in [2.24, 2.45) is 0 Å². The molecule has 9 heteroatoms. The van der Waals surface area contributed by atoms with Crippen molar-refractivity contribution < 1.29 is 22.8 Å². The van der Waals surface area contributed by atoms with Crippen molar-refractivity contribution >= 4 is 25.4 Å². The van der Waals surface area contributed by atoms with E-state index < -0.39 is 25.0 Å². The molecule has 0 saturated carbocycles. The van der Waals surface area contributed by atoms with Gasteiger partial charge in [-0.3, -0.25) is 10.1 Å². The molecule has 0 bridgehead atoms. The third kappa shape index (κ3) is 4.34. The lowest BCUT2D eigenvalue weighted by molar-refractivity contribution is -0.385. The van der Waals surface area contributed by atoms with Crippen molar-refractivity contribution in [3.63, 3.8) is 0 Å². The average Bonchev–Trinajstić information content (AvgIpc) is 2.27. The van der Waals surface area contributed by atoms with E-state index in [2.05, 4.69) is 0 Å². The number of nitrogens with zero attached hydrogens (tertiary/aromatic N) is 1. The Bertz CT molecular complexity index is 573. The number of rotatable bonds is 6. The Morgan fingerprint density at radius 1 is 1.47 bits per heavy atom. The van der Waals surface area contributed by atoms with Gasteiger partial charge in [0.05, 0.1) is 11.5 Å². The Kier molecular flexibility index (Phi) is 5.10. The molecule has 0 heterocycles. The van der Waals surface area contributed by atoms with Crippen molar-refractivity contribution in [2.45, 2.75) is 17.9 Å². The van der Waals surface area contributed by atoms with E-state index in [0.717, 1.165) is 12.1 Å². The molecule has 0 saturated heterocycles. The first-order valence-electron chi connectivity index (χ1n) is 5.14. The second kappa shape index (κ2) is 6.18. The maximum atomic E-state index is 11.4. The minimum atomic E-state index is -4.15. The predicted octanol–water partition coefficient (Wildman–Crippen LogP) is 1.94. The summed E-state index contributed by atoms with van der Waals surface area (Å²) in [7, 11) is 2.56. The van der Waals surface area contributed by atoms with Crippen LogP contribution in [-0.4, -0.2) is 33.2 Å². The lowest BCUT2D eigenvalue weighted by Gasteiger charge is -2.15. The Hall–Kier alpha value is -1.38. The van der Waals surface area contributed by atoms with Crippen molar-refractivity contribution in [1.29, 1.82) is 0 Å². The van der Waals surface area contributed by atoms with Crippen LogP contribution in [-0.2, 0) is 13.8 Å². The summed E-state index contributed by atoms with van der Waals surface area (Å²) in [5.74, 6) is -0.0508. The van der Waals surface area contributed by atoms with Gasteiger partial charge in [0.2, 0.25) is 0 Å². The minimum absolute atomic E-state index is 0.0508. The Balaban J connectivity index is 3.21. The molecule has 106 valence electrons. The zero-order chi connectivity index (χ0) is 14.6. The first kappa shape index (κ1) is 15.7. The van der Waals surface area contributed by atoms with Crippen LogP contribution in [0.1, 0.15) is 6.92 Å². The maximum Gasteiger partial charge on any atom is 0.271 e. The highest BCUT2D eigenvalue weighted by Crippen LogP contribution is 2.31. The third-order valence-corrected chi connectivity index (χ3v) is 3.47. The quantitative estimate of drug-likeness (QED) is 0.452. The summed E-state index contributed by atoms with van der Waals surface area (Å²) in [4.78, 5) is 9.47. The fraction of sp³-hybridized carbons (Fsp3) is 0.400. The molecule has 0 fully saturated rings. The van der Waals surface area contributed by atoms with Crippen LogP contribution in [0.4, 0.5) is 5.69 Å². The van der Waals surface area contributed by atoms with Crippen LogP contribution in [0.25, 0.3) is 0 Å². The topological polar surface area (TPSA) is 95.7 Å². The van der Waals surface area contributed by atoms with Gasteiger partial charge in [-0.15, -0.1) is 0 Å². The largest absolute Gasteiger partial charge is 0.487 e. The predicted molar refractivity (Wildman–Crippen MR) is 68.1 cm³/mol. The number of ether oxygens (including phenoxy) is 2. The van der Waals surface area contributed by atoms with E-state index in [1.165, 1.54) is 13.2 Å². The first-order valence-corrected chi connectivity index (χ1v) is 7.45. The summed E-state index contributed by atoms with van der Waals surface area (Å²) in [6, 6.07) is 3.19. The third-order valence-electron chi connectivity index (χ3n) is 2.13. The summed E-state index contributed by atoms with van der Waals surface area (Å²) >= 11 is 0. The molecule has 0 amide bonds. The normalized spacial score (nSPS) is 13.0. The number of nitro groups is 1. The van der Waals surface area contributed by atoms with E-state index in [1.807, 2.05) is 0 Å². The van der Waals surface area contributed by atoms with Crippen molar-refractivity contribution in [2.75, 3.05) is 13.7 Å². The van der Waals surface area contributed by atoms with Gasteiger partial charge in [-0.25, -0.2) is 8.42 Å². The minimum Gasteiger partial charge on any atom is -0.487 e. The molecule has 1 unspecified atom stereocenters. The standard InChI is InChI=1S/C10H12ClNO6S/c1-7(6-17-2)18-9-4-3-8(12(13)14)5-10(9)19(11,15)16/h3-5,7H,6H2,1-2H3. The Morgan fingerprint density at radius 2 is 2.11 bits per heavy atom. The van der Waals surface area contributed by atoms with E-state index >= 15 is 0 Å². The van der Waals surface area contributed by atoms with E-state index in [0.29, 0.717) is 0 Å². The van der Waals surface area contributed by atoms with Crippen LogP contribution < -0.4 is 4.74 Å². The van der Waals surface area contributed by atoms with Crippen LogP contribution in [0.3, 0.4) is 0 Å². The molecular weight excluding hydrogens is 298 g/mol. The van der Waals surface area contributed by atoms with Crippen LogP contribution in [0.5, 0.6) is 5.75 Å². The molecule has 7 nitrogen and oxygen atoms in total. The molecule has 0 aliphatic rings. The van der Waals surface area contributed by atoms with Gasteiger partial charge < -0.3 is 9.47 Å². The number of non-ortho nitro benzene ring substituents is 1. The molecule has 0 N–H and O–H groups in total. The lowest BCUT2D eigenvalue weighted by Crippen LogP contribution is -2.19. The average molecular weight is 310 g/mol. The van der Waals surface area contributed by atoms with E-state index in [4.69, 9.17) is 20.2 Å². The van der Waals surface area contributed by atoms with Crippen LogP contribution in [0.15, 0.2) is 23.1 Å². The lowest BCUT2D eigenvalue weighted by atomic mass is 10.3. The number of nitro benzene ring substituents is 1. The molecule has 0 spiro atoms. The summed E-state index contributed by atoms with van der Waals surface area (Å²) < 4.78 is 33.0. The zero-order valence-corrected chi connectivity index (χ0v) is 11.8. The summed E-state index contributed by atoms with van der Waals surface area (Å²) in [5.41, 5.74) is -0.383. The number of methoxy groups -OCH3 is 1. The second-order valence-electron chi connectivity index (χ2n) is 3.71. The number of hydrogen-bond donors (Lipinski definition) is 0. The van der Waals surface area contributed by atoms with Gasteiger partial charge in [0.25, 0.3) is 14.7 Å². The van der Waals surface area contributed by atoms with Crippen molar-refractivity contribution in [1.82, 2.24) is 0 Å². The van der Waals surface area contributed by atoms with E-state index in [9.17, 15) is 18.5 Å². The van der Waals surface area contributed by atoms with Crippen LogP contribution >= 0.6 is 10.7 Å². The van der Waals surface area contributed by atoms with Gasteiger partial charge in [-0.2, -0.15) is 0 Å². The molecule has 1 rings (SSSR count). The van der Waals surface area contributed by atoms with Crippen molar-refractivity contribution in [3.8, 4) is 5.75 Å². The fourth-order valence-corrected chi connectivity index (χ4v) is 2.36. The Morgan fingerprint density at radius 3 is 2.58 bits per heavy atom. The van der Waals surface area contributed by atoms with Gasteiger partial charge >= 0.3 is 0 Å². The van der Waals surface area contributed by atoms with Crippen molar-refractivity contribution in [3.05, 3.63) is 28.3 Å². The Labute approximate surface area is 114 Å². The highest BCUT2D eigenvalue weighted by atomic mass is 35.7. The summed E-state index contributed by atoms with van der Waals surface area (Å²) in [6.45, 7) is 1.90. The SMILES string of the molecule is COCC(C)Oc1ccc([N+](=O)[O-])cc1S(=O)(=O)Cl. The summed E-state index contributed by atoms with van der Waals surface area (Å²) in [6.07, 6.45) is -0.427. The molecule has 0 aliphatic heterocycles. The number of halogens is 1. The van der Waals surface area contributed by atoms with Gasteiger partial charge in [0.1, 0.15) is 16.7 Å². The van der Waals surface area contributed by atoms with Gasteiger partial charge in [-0.05, 0) is 13.0 Å². The molecule has 1 aromatic rings. The second-order valence-corrected chi connectivity index (χ2v) is 6.24. The molecule has 1 aromatic carbocycles. The molecule has 1 atom stereocenters. The van der Waals surface area contributed by atoms with Gasteiger partial charge in [0.15, 0.2) is 0 Å². The summed E-state index contributed by atoms with van der Waals surface area (Å²) in [5, 5.41) is 10.6. The number of hydrogen-bond acceptors (Lipinski definition) is 6. The maximum absolute atomic E-state index is 11.4. The monoisotopic (exact) mass is 309 g/mol. The smallest absolute Gasteiger partial charge is 0.271 e. The highest BCUT2D eigenvalue weighted by Gasteiger charge is 2.22. The van der Waals surface area contributed by atoms with Gasteiger partial charge in [-0.1, -0.05) is 0 Å². The molecular formula is C10H12ClNO6S. The molecule has 19 heavy (non-hydrogen) atoms. The highest BCUT2D eigenvalue weighted by molar-refractivity contribution is 8.13. The van der Waals surface area contributed by atoms with Crippen LogP contribution in [0.2, 0.25) is 0 Å². The number of benzene rings is 1. The van der Waals surface area contributed by atoms with Crippen LogP contribution in [0, 0.1) is 10.1 Å².